The van der Waals surface area contributed by atoms with Gasteiger partial charge in [0.1, 0.15) is 0 Å². The summed E-state index contributed by atoms with van der Waals surface area (Å²) in [6.07, 6.45) is 3.01. The van der Waals surface area contributed by atoms with Crippen molar-refractivity contribution in [1.82, 2.24) is 9.97 Å². The molecule has 2 heterocycles. The molecule has 0 spiro atoms. The van der Waals surface area contributed by atoms with Gasteiger partial charge in [-0.25, -0.2) is 9.97 Å². The van der Waals surface area contributed by atoms with Gasteiger partial charge in [0.25, 0.3) is 0 Å². The van der Waals surface area contributed by atoms with Gasteiger partial charge in [0, 0.05) is 30.0 Å². The lowest BCUT2D eigenvalue weighted by Gasteiger charge is -2.22. The molecule has 4 nitrogen and oxygen atoms in total. The van der Waals surface area contributed by atoms with E-state index in [2.05, 4.69) is 38.9 Å². The molecule has 0 saturated carbocycles. The molecule has 120 valence electrons. The van der Waals surface area contributed by atoms with Crippen LogP contribution < -0.4 is 5.32 Å². The summed E-state index contributed by atoms with van der Waals surface area (Å²) in [5.41, 5.74) is 2.70. The molecule has 3 aromatic rings. The van der Waals surface area contributed by atoms with Crippen LogP contribution in [-0.2, 0) is 13.0 Å². The molecule has 0 saturated heterocycles. The van der Waals surface area contributed by atoms with Gasteiger partial charge in [0.2, 0.25) is 5.95 Å². The maximum absolute atomic E-state index is 12.4. The topological polar surface area (TPSA) is 54.9 Å². The average Bonchev–Trinajstić information content (AvgIpc) is 3.15. The molecule has 1 N–H and O–H groups in total. The summed E-state index contributed by atoms with van der Waals surface area (Å²) in [6.45, 7) is 0.669. The fourth-order valence-electron chi connectivity index (χ4n) is 3.03. The number of thiophene rings is 1. The first-order valence-corrected chi connectivity index (χ1v) is 8.88. The highest BCUT2D eigenvalue weighted by molar-refractivity contribution is 7.10. The highest BCUT2D eigenvalue weighted by Gasteiger charge is 2.28. The second kappa shape index (κ2) is 6.53. The van der Waals surface area contributed by atoms with E-state index in [9.17, 15) is 4.79 Å². The Balaban J connectivity index is 1.54. The van der Waals surface area contributed by atoms with E-state index in [-0.39, 0.29) is 11.7 Å². The van der Waals surface area contributed by atoms with Crippen LogP contribution in [0.5, 0.6) is 0 Å². The zero-order chi connectivity index (χ0) is 16.4. The van der Waals surface area contributed by atoms with E-state index in [0.717, 1.165) is 12.1 Å². The molecule has 1 aromatic carbocycles. The van der Waals surface area contributed by atoms with Crippen molar-refractivity contribution in [1.29, 1.82) is 0 Å². The molecular weight excluding hydrogens is 318 g/mol. The molecule has 1 atom stereocenters. The predicted molar refractivity (Wildman–Crippen MR) is 95.5 cm³/mol. The molecule has 0 bridgehead atoms. The number of Topliss-reactive ketones (excluding diaryl/α,β-unsaturated/α-hetero) is 1. The molecule has 0 unspecified atom stereocenters. The molecule has 24 heavy (non-hydrogen) atoms. The third-order valence-corrected chi connectivity index (χ3v) is 5.31. The largest absolute Gasteiger partial charge is 0.350 e. The van der Waals surface area contributed by atoms with Gasteiger partial charge >= 0.3 is 0 Å². The van der Waals surface area contributed by atoms with Crippen molar-refractivity contribution in [3.05, 3.63) is 75.7 Å². The van der Waals surface area contributed by atoms with E-state index in [4.69, 9.17) is 0 Å². The summed E-state index contributed by atoms with van der Waals surface area (Å²) in [4.78, 5) is 22.5. The lowest BCUT2D eigenvalue weighted by atomic mass is 9.86. The molecule has 0 radical (unpaired) electrons. The monoisotopic (exact) mass is 335 g/mol. The SMILES string of the molecule is O=C1C[C@H](c2cccs2)Cc2nc(NCc3ccccc3)ncc21. The number of benzene rings is 1. The number of anilines is 1. The fourth-order valence-corrected chi connectivity index (χ4v) is 3.86. The number of hydrogen-bond donors (Lipinski definition) is 1. The summed E-state index contributed by atoms with van der Waals surface area (Å²) in [7, 11) is 0. The van der Waals surface area contributed by atoms with Crippen LogP contribution in [0.25, 0.3) is 0 Å². The van der Waals surface area contributed by atoms with E-state index in [1.807, 2.05) is 24.3 Å². The zero-order valence-corrected chi connectivity index (χ0v) is 13.9. The first kappa shape index (κ1) is 15.0. The summed E-state index contributed by atoms with van der Waals surface area (Å²) >= 11 is 1.71. The lowest BCUT2D eigenvalue weighted by Crippen LogP contribution is -2.20. The second-order valence-electron chi connectivity index (χ2n) is 5.94. The fraction of sp³-hybridized carbons (Fsp3) is 0.211. The predicted octanol–water partition coefficient (Wildman–Crippen LogP) is 4.06. The number of carbonyl (C=O) groups excluding carboxylic acids is 1. The van der Waals surface area contributed by atoms with Gasteiger partial charge in [-0.15, -0.1) is 11.3 Å². The average molecular weight is 335 g/mol. The van der Waals surface area contributed by atoms with Gasteiger partial charge in [-0.1, -0.05) is 36.4 Å². The van der Waals surface area contributed by atoms with Crippen molar-refractivity contribution >= 4 is 23.1 Å². The Hall–Kier alpha value is -2.53. The van der Waals surface area contributed by atoms with Crippen molar-refractivity contribution < 1.29 is 4.79 Å². The molecule has 2 aromatic heterocycles. The van der Waals surface area contributed by atoms with Crippen molar-refractivity contribution in [2.75, 3.05) is 5.32 Å². The molecular formula is C19H17N3OS. The van der Waals surface area contributed by atoms with Gasteiger partial charge in [0.15, 0.2) is 5.78 Å². The number of hydrogen-bond acceptors (Lipinski definition) is 5. The summed E-state index contributed by atoms with van der Waals surface area (Å²) < 4.78 is 0. The van der Waals surface area contributed by atoms with E-state index < -0.39 is 0 Å². The maximum Gasteiger partial charge on any atom is 0.223 e. The van der Waals surface area contributed by atoms with Crippen LogP contribution in [0.1, 0.15) is 38.8 Å². The highest BCUT2D eigenvalue weighted by atomic mass is 32.1. The number of ketones is 1. The zero-order valence-electron chi connectivity index (χ0n) is 13.1. The minimum Gasteiger partial charge on any atom is -0.350 e. The van der Waals surface area contributed by atoms with Crippen molar-refractivity contribution in [3.8, 4) is 0 Å². The summed E-state index contributed by atoms with van der Waals surface area (Å²) in [6, 6.07) is 14.3. The normalized spacial score (nSPS) is 16.7. The lowest BCUT2D eigenvalue weighted by molar-refractivity contribution is 0.0963. The molecule has 1 aliphatic rings. The maximum atomic E-state index is 12.4. The van der Waals surface area contributed by atoms with Crippen LogP contribution in [0.15, 0.2) is 54.0 Å². The molecule has 5 heteroatoms. The van der Waals surface area contributed by atoms with Gasteiger partial charge in [-0.3, -0.25) is 4.79 Å². The number of fused-ring (bicyclic) bond motifs is 1. The number of rotatable bonds is 4. The van der Waals surface area contributed by atoms with Crippen molar-refractivity contribution in [2.45, 2.75) is 25.3 Å². The first-order valence-electron chi connectivity index (χ1n) is 8.00. The van der Waals surface area contributed by atoms with E-state index in [1.165, 1.54) is 10.4 Å². The highest BCUT2D eigenvalue weighted by Crippen LogP contribution is 2.34. The van der Waals surface area contributed by atoms with Crippen LogP contribution in [0.2, 0.25) is 0 Å². The van der Waals surface area contributed by atoms with Gasteiger partial charge in [0.05, 0.1) is 11.3 Å². The first-order chi connectivity index (χ1) is 11.8. The van der Waals surface area contributed by atoms with Gasteiger partial charge < -0.3 is 5.32 Å². The standard InChI is InChI=1S/C19H17N3OS/c23-17-10-14(18-7-4-8-24-18)9-16-15(17)12-21-19(22-16)20-11-13-5-2-1-3-6-13/h1-8,12,14H,9-11H2,(H,20,21,22)/t14-/m1/s1. The number of nitrogens with zero attached hydrogens (tertiary/aromatic N) is 2. The van der Waals surface area contributed by atoms with Crippen molar-refractivity contribution in [2.24, 2.45) is 0 Å². The van der Waals surface area contributed by atoms with E-state index >= 15 is 0 Å². The Bertz CT molecular complexity index is 846. The Morgan fingerprint density at radius 1 is 1.12 bits per heavy atom. The number of nitrogens with one attached hydrogen (secondary N) is 1. The van der Waals surface area contributed by atoms with Crippen molar-refractivity contribution in [3.63, 3.8) is 0 Å². The summed E-state index contributed by atoms with van der Waals surface area (Å²) in [5, 5.41) is 5.30. The molecule has 4 rings (SSSR count). The van der Waals surface area contributed by atoms with E-state index in [0.29, 0.717) is 24.5 Å². The summed E-state index contributed by atoms with van der Waals surface area (Å²) in [5.74, 6) is 0.961. The van der Waals surface area contributed by atoms with E-state index in [1.54, 1.807) is 17.5 Å². The third kappa shape index (κ3) is 3.08. The van der Waals surface area contributed by atoms with Crippen LogP contribution >= 0.6 is 11.3 Å². The molecule has 0 aliphatic heterocycles. The Kier molecular flexibility index (Phi) is 4.09. The molecule has 0 fully saturated rings. The second-order valence-corrected chi connectivity index (χ2v) is 6.92. The molecule has 1 aliphatic carbocycles. The van der Waals surface area contributed by atoms with Gasteiger partial charge in [-0.05, 0) is 23.4 Å². The number of aromatic nitrogens is 2. The Labute approximate surface area is 144 Å². The number of carbonyl (C=O) groups is 1. The Morgan fingerprint density at radius 2 is 2.00 bits per heavy atom. The van der Waals surface area contributed by atoms with Crippen LogP contribution in [0.3, 0.4) is 0 Å². The Morgan fingerprint density at radius 3 is 2.79 bits per heavy atom. The van der Waals surface area contributed by atoms with Crippen LogP contribution in [0.4, 0.5) is 5.95 Å². The van der Waals surface area contributed by atoms with Crippen LogP contribution in [-0.4, -0.2) is 15.8 Å². The smallest absolute Gasteiger partial charge is 0.223 e. The quantitative estimate of drug-likeness (QED) is 0.781. The minimum atomic E-state index is 0.143. The van der Waals surface area contributed by atoms with Gasteiger partial charge in [-0.2, -0.15) is 0 Å². The minimum absolute atomic E-state index is 0.143. The third-order valence-electron chi connectivity index (χ3n) is 4.28. The van der Waals surface area contributed by atoms with Crippen LogP contribution in [0, 0.1) is 0 Å². The molecule has 0 amide bonds.